The Kier molecular flexibility index (Phi) is 2.59. The van der Waals surface area contributed by atoms with Crippen LogP contribution in [0.15, 0.2) is 30.3 Å². The molecule has 2 rings (SSSR count). The van der Waals surface area contributed by atoms with Gasteiger partial charge < -0.3 is 5.11 Å². The molecule has 15 heavy (non-hydrogen) atoms. The van der Waals surface area contributed by atoms with Gasteiger partial charge in [0.15, 0.2) is 0 Å². The van der Waals surface area contributed by atoms with Crippen LogP contribution in [0.3, 0.4) is 0 Å². The Balaban J connectivity index is 2.29. The van der Waals surface area contributed by atoms with Gasteiger partial charge >= 0.3 is 0 Å². The van der Waals surface area contributed by atoms with Crippen LogP contribution in [0, 0.1) is 11.3 Å². The van der Waals surface area contributed by atoms with Crippen LogP contribution in [0.25, 0.3) is 0 Å². The van der Waals surface area contributed by atoms with Crippen molar-refractivity contribution in [3.8, 4) is 0 Å². The third kappa shape index (κ3) is 1.50. The zero-order valence-electron chi connectivity index (χ0n) is 9.77. The molecule has 1 fully saturated rings. The van der Waals surface area contributed by atoms with Gasteiger partial charge in [0.2, 0.25) is 0 Å². The van der Waals surface area contributed by atoms with Crippen molar-refractivity contribution < 1.29 is 5.11 Å². The Morgan fingerprint density at radius 2 is 1.80 bits per heavy atom. The average molecular weight is 204 g/mol. The Labute approximate surface area is 92.1 Å². The third-order valence-electron chi connectivity index (χ3n) is 4.03. The van der Waals surface area contributed by atoms with E-state index in [0.717, 1.165) is 6.42 Å². The van der Waals surface area contributed by atoms with Crippen LogP contribution in [-0.2, 0) is 0 Å². The molecule has 0 aromatic heterocycles. The summed E-state index contributed by atoms with van der Waals surface area (Å²) in [6.07, 6.45) is 0.914. The van der Waals surface area contributed by atoms with Crippen molar-refractivity contribution in [2.24, 2.45) is 11.3 Å². The second kappa shape index (κ2) is 3.64. The highest BCUT2D eigenvalue weighted by Gasteiger charge is 2.54. The van der Waals surface area contributed by atoms with Gasteiger partial charge in [-0.3, -0.25) is 0 Å². The number of rotatable bonds is 2. The lowest BCUT2D eigenvalue weighted by Gasteiger charge is -2.56. The minimum atomic E-state index is -0.146. The van der Waals surface area contributed by atoms with E-state index in [9.17, 15) is 5.11 Å². The molecule has 1 N–H and O–H groups in total. The van der Waals surface area contributed by atoms with Gasteiger partial charge in [-0.25, -0.2) is 0 Å². The summed E-state index contributed by atoms with van der Waals surface area (Å²) in [6, 6.07) is 10.6. The zero-order valence-corrected chi connectivity index (χ0v) is 9.77. The normalized spacial score (nSPS) is 33.5. The average Bonchev–Trinajstić information content (AvgIpc) is 2.25. The minimum absolute atomic E-state index is 0.0298. The largest absolute Gasteiger partial charge is 0.392 e. The van der Waals surface area contributed by atoms with Crippen LogP contribution in [0.2, 0.25) is 0 Å². The number of aliphatic hydroxyl groups excluding tert-OH is 1. The van der Waals surface area contributed by atoms with E-state index in [1.807, 2.05) is 6.07 Å². The van der Waals surface area contributed by atoms with Crippen molar-refractivity contribution in [1.29, 1.82) is 0 Å². The molecule has 0 heterocycles. The van der Waals surface area contributed by atoms with Crippen LogP contribution in [0.1, 0.15) is 38.7 Å². The predicted molar refractivity (Wildman–Crippen MR) is 62.8 cm³/mol. The van der Waals surface area contributed by atoms with E-state index in [0.29, 0.717) is 11.8 Å². The van der Waals surface area contributed by atoms with E-state index < -0.39 is 0 Å². The van der Waals surface area contributed by atoms with E-state index in [1.54, 1.807) is 0 Å². The Hall–Kier alpha value is -0.820. The van der Waals surface area contributed by atoms with Gasteiger partial charge in [0, 0.05) is 0 Å². The molecule has 1 nitrogen and oxygen atoms in total. The molecule has 1 aliphatic rings. The quantitative estimate of drug-likeness (QED) is 0.784. The van der Waals surface area contributed by atoms with Crippen molar-refractivity contribution >= 4 is 0 Å². The summed E-state index contributed by atoms with van der Waals surface area (Å²) in [5.74, 6) is 0.945. The number of hydrogen-bond donors (Lipinski definition) is 1. The molecule has 0 aliphatic heterocycles. The maximum absolute atomic E-state index is 10.1. The maximum Gasteiger partial charge on any atom is 0.0631 e. The zero-order chi connectivity index (χ0) is 11.1. The van der Waals surface area contributed by atoms with E-state index in [2.05, 4.69) is 45.0 Å². The smallest absolute Gasteiger partial charge is 0.0631 e. The molecule has 0 spiro atoms. The third-order valence-corrected chi connectivity index (χ3v) is 4.03. The van der Waals surface area contributed by atoms with Crippen LogP contribution in [0.5, 0.6) is 0 Å². The van der Waals surface area contributed by atoms with E-state index in [1.165, 1.54) is 5.56 Å². The molecule has 1 saturated carbocycles. The first-order valence-corrected chi connectivity index (χ1v) is 5.82. The highest BCUT2D eigenvalue weighted by atomic mass is 16.3. The lowest BCUT2D eigenvalue weighted by Crippen LogP contribution is -2.55. The van der Waals surface area contributed by atoms with Crippen molar-refractivity contribution in [2.45, 2.75) is 39.2 Å². The summed E-state index contributed by atoms with van der Waals surface area (Å²) in [5, 5.41) is 10.1. The molecule has 3 unspecified atom stereocenters. The van der Waals surface area contributed by atoms with Crippen molar-refractivity contribution in [3.05, 3.63) is 35.9 Å². The van der Waals surface area contributed by atoms with Crippen LogP contribution < -0.4 is 0 Å². The monoisotopic (exact) mass is 204 g/mol. The summed E-state index contributed by atoms with van der Waals surface area (Å²) >= 11 is 0. The number of hydrogen-bond acceptors (Lipinski definition) is 1. The molecule has 1 aromatic rings. The van der Waals surface area contributed by atoms with Gasteiger partial charge in [0.05, 0.1) is 6.10 Å². The maximum atomic E-state index is 10.1. The second-order valence-corrected chi connectivity index (χ2v) is 5.23. The van der Waals surface area contributed by atoms with E-state index in [-0.39, 0.29) is 11.5 Å². The Bertz CT molecular complexity index is 328. The molecular formula is C14H20O. The number of benzene rings is 1. The van der Waals surface area contributed by atoms with Gasteiger partial charge in [0.25, 0.3) is 0 Å². The molecule has 0 radical (unpaired) electrons. The Morgan fingerprint density at radius 3 is 2.33 bits per heavy atom. The standard InChI is InChI=1S/C14H20O/c1-4-11-12(14(2,3)13(11)15)10-8-6-5-7-9-10/h5-9,11-13,15H,4H2,1-3H3. The lowest BCUT2D eigenvalue weighted by atomic mass is 9.50. The van der Waals surface area contributed by atoms with Gasteiger partial charge in [0.1, 0.15) is 0 Å². The predicted octanol–water partition coefficient (Wildman–Crippen LogP) is 3.20. The van der Waals surface area contributed by atoms with Gasteiger partial charge in [-0.1, -0.05) is 57.5 Å². The molecule has 3 atom stereocenters. The fourth-order valence-electron chi connectivity index (χ4n) is 3.15. The first kappa shape index (κ1) is 10.7. The highest BCUT2D eigenvalue weighted by molar-refractivity contribution is 5.28. The minimum Gasteiger partial charge on any atom is -0.392 e. The van der Waals surface area contributed by atoms with Crippen LogP contribution in [-0.4, -0.2) is 11.2 Å². The van der Waals surface area contributed by atoms with E-state index >= 15 is 0 Å². The molecule has 1 heteroatoms. The summed E-state index contributed by atoms with van der Waals surface area (Å²) in [4.78, 5) is 0. The number of aliphatic hydroxyl groups is 1. The van der Waals surface area contributed by atoms with Gasteiger partial charge in [-0.15, -0.1) is 0 Å². The van der Waals surface area contributed by atoms with Crippen molar-refractivity contribution in [2.75, 3.05) is 0 Å². The van der Waals surface area contributed by atoms with Crippen LogP contribution in [0.4, 0.5) is 0 Å². The first-order chi connectivity index (χ1) is 7.09. The topological polar surface area (TPSA) is 20.2 Å². The first-order valence-electron chi connectivity index (χ1n) is 5.82. The molecule has 0 amide bonds. The lowest BCUT2D eigenvalue weighted by molar-refractivity contribution is -0.124. The molecule has 0 saturated heterocycles. The fraction of sp³-hybridized carbons (Fsp3) is 0.571. The summed E-state index contributed by atoms with van der Waals surface area (Å²) in [5.41, 5.74) is 1.40. The summed E-state index contributed by atoms with van der Waals surface area (Å²) < 4.78 is 0. The van der Waals surface area contributed by atoms with Gasteiger partial charge in [-0.2, -0.15) is 0 Å². The molecule has 0 bridgehead atoms. The summed E-state index contributed by atoms with van der Waals surface area (Å²) in [6.45, 7) is 6.50. The SMILES string of the molecule is CCC1C(O)C(C)(C)C1c1ccccc1. The van der Waals surface area contributed by atoms with Crippen molar-refractivity contribution in [1.82, 2.24) is 0 Å². The Morgan fingerprint density at radius 1 is 1.20 bits per heavy atom. The van der Waals surface area contributed by atoms with Crippen molar-refractivity contribution in [3.63, 3.8) is 0 Å². The summed E-state index contributed by atoms with van der Waals surface area (Å²) in [7, 11) is 0. The molecule has 82 valence electrons. The van der Waals surface area contributed by atoms with Gasteiger partial charge in [-0.05, 0) is 22.8 Å². The fourth-order valence-corrected chi connectivity index (χ4v) is 3.15. The second-order valence-electron chi connectivity index (χ2n) is 5.23. The van der Waals surface area contributed by atoms with E-state index in [4.69, 9.17) is 0 Å². The molecule has 1 aromatic carbocycles. The van der Waals surface area contributed by atoms with Crippen LogP contribution >= 0.6 is 0 Å². The molecule has 1 aliphatic carbocycles. The highest BCUT2D eigenvalue weighted by Crippen LogP contribution is 2.57. The molecular weight excluding hydrogens is 184 g/mol.